The van der Waals surface area contributed by atoms with Crippen LogP contribution in [-0.2, 0) is 13.1 Å². The molecule has 0 amide bonds. The van der Waals surface area contributed by atoms with E-state index in [0.29, 0.717) is 12.1 Å². The van der Waals surface area contributed by atoms with Crippen molar-refractivity contribution in [3.05, 3.63) is 29.3 Å². The fourth-order valence-corrected chi connectivity index (χ4v) is 1.64. The van der Waals surface area contributed by atoms with Gasteiger partial charge in [-0.1, -0.05) is 5.21 Å². The van der Waals surface area contributed by atoms with Gasteiger partial charge in [-0.3, -0.25) is 4.68 Å². The zero-order valence-electron chi connectivity index (χ0n) is 9.99. The molecule has 0 saturated heterocycles. The molecule has 0 spiro atoms. The number of aromatic nitrogens is 5. The van der Waals surface area contributed by atoms with Crippen LogP contribution in [0.4, 0.5) is 8.78 Å². The monoisotopic (exact) mass is 271 g/mol. The van der Waals surface area contributed by atoms with Crippen LogP contribution in [0.1, 0.15) is 35.1 Å². The second kappa shape index (κ2) is 5.12. The van der Waals surface area contributed by atoms with Gasteiger partial charge in [0.25, 0.3) is 6.43 Å². The third-order valence-corrected chi connectivity index (χ3v) is 2.53. The summed E-state index contributed by atoms with van der Waals surface area (Å²) < 4.78 is 28.3. The maximum atomic E-state index is 12.9. The summed E-state index contributed by atoms with van der Waals surface area (Å²) in [7, 11) is 0. The fraction of sp³-hybridized carbons (Fsp3) is 0.400. The van der Waals surface area contributed by atoms with E-state index in [4.69, 9.17) is 5.11 Å². The van der Waals surface area contributed by atoms with Gasteiger partial charge in [0, 0.05) is 18.3 Å². The van der Waals surface area contributed by atoms with Crippen LogP contribution in [0.3, 0.4) is 0 Å². The van der Waals surface area contributed by atoms with E-state index in [9.17, 15) is 13.6 Å². The Kier molecular flexibility index (Phi) is 3.54. The van der Waals surface area contributed by atoms with Gasteiger partial charge in [-0.2, -0.15) is 5.10 Å². The van der Waals surface area contributed by atoms with Crippen molar-refractivity contribution in [1.29, 1.82) is 0 Å². The summed E-state index contributed by atoms with van der Waals surface area (Å²) in [6.07, 6.45) is 0.237. The van der Waals surface area contributed by atoms with Gasteiger partial charge in [0.15, 0.2) is 5.69 Å². The van der Waals surface area contributed by atoms with Crippen molar-refractivity contribution in [2.45, 2.75) is 26.4 Å². The quantitative estimate of drug-likeness (QED) is 0.882. The van der Waals surface area contributed by atoms with E-state index in [2.05, 4.69) is 15.4 Å². The molecule has 0 radical (unpaired) electrons. The van der Waals surface area contributed by atoms with E-state index in [1.165, 1.54) is 6.20 Å². The van der Waals surface area contributed by atoms with Crippen LogP contribution in [0.25, 0.3) is 0 Å². The molecule has 0 aliphatic heterocycles. The lowest BCUT2D eigenvalue weighted by molar-refractivity contribution is 0.0675. The Bertz CT molecular complexity index is 593. The lowest BCUT2D eigenvalue weighted by Gasteiger charge is -2.04. The molecule has 7 nitrogen and oxygen atoms in total. The van der Waals surface area contributed by atoms with Crippen LogP contribution in [0.5, 0.6) is 0 Å². The number of rotatable bonds is 5. The third kappa shape index (κ3) is 2.59. The number of alkyl halides is 2. The molecule has 0 aliphatic carbocycles. The van der Waals surface area contributed by atoms with E-state index in [1.807, 2.05) is 6.92 Å². The Morgan fingerprint density at radius 1 is 1.53 bits per heavy atom. The number of hydrogen-bond donors (Lipinski definition) is 1. The predicted octanol–water partition coefficient (Wildman–Crippen LogP) is 1.18. The Hall–Kier alpha value is -2.32. The van der Waals surface area contributed by atoms with Crippen molar-refractivity contribution in [3.63, 3.8) is 0 Å². The second-order valence-corrected chi connectivity index (χ2v) is 3.79. The summed E-state index contributed by atoms with van der Waals surface area (Å²) in [5.74, 6) is -1.52. The van der Waals surface area contributed by atoms with Gasteiger partial charge in [0.05, 0.1) is 12.7 Å². The summed E-state index contributed by atoms with van der Waals surface area (Å²) in [6.45, 7) is 2.54. The lowest BCUT2D eigenvalue weighted by atomic mass is 10.3. The third-order valence-electron chi connectivity index (χ3n) is 2.53. The molecule has 2 heterocycles. The van der Waals surface area contributed by atoms with Crippen molar-refractivity contribution in [3.8, 4) is 0 Å². The smallest absolute Gasteiger partial charge is 0.358 e. The first-order valence-corrected chi connectivity index (χ1v) is 5.49. The SMILES string of the molecule is CCn1cc(Cn2nnc(C(=O)O)c2C(F)F)cn1. The number of carbonyl (C=O) groups is 1. The first kappa shape index (κ1) is 13.1. The van der Waals surface area contributed by atoms with Gasteiger partial charge in [0.1, 0.15) is 5.69 Å². The summed E-state index contributed by atoms with van der Waals surface area (Å²) in [5, 5.41) is 19.5. The Morgan fingerprint density at radius 3 is 2.79 bits per heavy atom. The number of hydrogen-bond acceptors (Lipinski definition) is 4. The van der Waals surface area contributed by atoms with E-state index in [1.54, 1.807) is 10.9 Å². The highest BCUT2D eigenvalue weighted by molar-refractivity contribution is 5.86. The molecule has 0 aliphatic rings. The first-order chi connectivity index (χ1) is 9.02. The van der Waals surface area contributed by atoms with E-state index >= 15 is 0 Å². The average Bonchev–Trinajstić information content (AvgIpc) is 2.95. The van der Waals surface area contributed by atoms with Crippen molar-refractivity contribution in [1.82, 2.24) is 24.8 Å². The van der Waals surface area contributed by atoms with Crippen LogP contribution in [0.2, 0.25) is 0 Å². The molecule has 0 saturated carbocycles. The topological polar surface area (TPSA) is 85.8 Å². The van der Waals surface area contributed by atoms with Crippen LogP contribution in [0, 0.1) is 0 Å². The molecule has 2 rings (SSSR count). The van der Waals surface area contributed by atoms with Gasteiger partial charge in [-0.15, -0.1) is 5.10 Å². The molecular formula is C10H11F2N5O2. The summed E-state index contributed by atoms with van der Waals surface area (Å²) >= 11 is 0. The maximum absolute atomic E-state index is 12.9. The number of halogens is 2. The lowest BCUT2D eigenvalue weighted by Crippen LogP contribution is -2.09. The number of aromatic carboxylic acids is 1. The van der Waals surface area contributed by atoms with Gasteiger partial charge < -0.3 is 5.11 Å². The van der Waals surface area contributed by atoms with E-state index in [-0.39, 0.29) is 6.54 Å². The summed E-state index contributed by atoms with van der Waals surface area (Å²) in [4.78, 5) is 10.8. The normalized spacial score (nSPS) is 11.2. The molecule has 9 heteroatoms. The minimum Gasteiger partial charge on any atom is -0.476 e. The van der Waals surface area contributed by atoms with E-state index in [0.717, 1.165) is 4.68 Å². The minimum atomic E-state index is -2.96. The van der Waals surface area contributed by atoms with Crippen LogP contribution < -0.4 is 0 Å². The molecule has 1 N–H and O–H groups in total. The number of carboxylic acid groups (broad SMARTS) is 1. The highest BCUT2D eigenvalue weighted by Crippen LogP contribution is 2.22. The molecule has 2 aromatic rings. The average molecular weight is 271 g/mol. The van der Waals surface area contributed by atoms with Crippen molar-refractivity contribution in [2.24, 2.45) is 0 Å². The standard InChI is InChI=1S/C10H11F2N5O2/c1-2-16-4-6(3-13-16)5-17-8(9(11)12)7(10(18)19)14-15-17/h3-4,9H,2,5H2,1H3,(H,18,19). The second-order valence-electron chi connectivity index (χ2n) is 3.79. The highest BCUT2D eigenvalue weighted by Gasteiger charge is 2.26. The number of carboxylic acids is 1. The molecule has 0 fully saturated rings. The molecule has 102 valence electrons. The Balaban J connectivity index is 2.32. The van der Waals surface area contributed by atoms with Crippen LogP contribution in [0.15, 0.2) is 12.4 Å². The van der Waals surface area contributed by atoms with Gasteiger partial charge in [-0.25, -0.2) is 18.3 Å². The minimum absolute atomic E-state index is 0.0000463. The highest BCUT2D eigenvalue weighted by atomic mass is 19.3. The molecule has 0 aromatic carbocycles. The summed E-state index contributed by atoms with van der Waals surface area (Å²) in [5.41, 5.74) is -0.778. The van der Waals surface area contributed by atoms with Crippen molar-refractivity contribution in [2.75, 3.05) is 0 Å². The largest absolute Gasteiger partial charge is 0.476 e. The molecule has 19 heavy (non-hydrogen) atoms. The molecule has 0 bridgehead atoms. The Labute approximate surface area is 106 Å². The molecule has 2 aromatic heterocycles. The van der Waals surface area contributed by atoms with E-state index < -0.39 is 23.8 Å². The maximum Gasteiger partial charge on any atom is 0.358 e. The van der Waals surface area contributed by atoms with Gasteiger partial charge >= 0.3 is 5.97 Å². The fourth-order valence-electron chi connectivity index (χ4n) is 1.64. The van der Waals surface area contributed by atoms with Crippen molar-refractivity contribution < 1.29 is 18.7 Å². The zero-order valence-corrected chi connectivity index (χ0v) is 9.99. The zero-order chi connectivity index (χ0) is 14.0. The van der Waals surface area contributed by atoms with Gasteiger partial charge in [-0.05, 0) is 6.92 Å². The van der Waals surface area contributed by atoms with Crippen LogP contribution >= 0.6 is 0 Å². The predicted molar refractivity (Wildman–Crippen MR) is 58.9 cm³/mol. The van der Waals surface area contributed by atoms with Crippen molar-refractivity contribution >= 4 is 5.97 Å². The molecule has 0 unspecified atom stereocenters. The molecule has 0 atom stereocenters. The molecular weight excluding hydrogens is 260 g/mol. The van der Waals surface area contributed by atoms with Gasteiger partial charge in [0.2, 0.25) is 0 Å². The first-order valence-electron chi connectivity index (χ1n) is 5.49. The number of nitrogens with zero attached hydrogens (tertiary/aromatic N) is 5. The van der Waals surface area contributed by atoms with Crippen LogP contribution in [-0.4, -0.2) is 35.9 Å². The Morgan fingerprint density at radius 2 is 2.26 bits per heavy atom. The number of aryl methyl sites for hydroxylation is 1. The summed E-state index contributed by atoms with van der Waals surface area (Å²) in [6, 6.07) is 0.